The average molecular weight is 394 g/mol. The fourth-order valence-electron chi connectivity index (χ4n) is 2.35. The Morgan fingerprint density at radius 2 is 1.85 bits per heavy atom. The molecule has 0 spiro atoms. The first-order chi connectivity index (χ1) is 12.5. The van der Waals surface area contributed by atoms with Crippen LogP contribution in [0.4, 0.5) is 5.69 Å². The van der Waals surface area contributed by atoms with Crippen LogP contribution in [0.1, 0.15) is 10.4 Å². The van der Waals surface area contributed by atoms with E-state index in [1.165, 1.54) is 23.1 Å². The summed E-state index contributed by atoms with van der Waals surface area (Å²) in [5.74, 6) is -0.969. The Bertz CT molecular complexity index is 888. The molecule has 0 radical (unpaired) electrons. The highest BCUT2D eigenvalue weighted by Crippen LogP contribution is 2.31. The van der Waals surface area contributed by atoms with Crippen molar-refractivity contribution >= 4 is 46.6 Å². The lowest BCUT2D eigenvalue weighted by Gasteiger charge is -2.28. The number of ether oxygens (including phenoxy) is 1. The molecule has 0 fully saturated rings. The van der Waals surface area contributed by atoms with Crippen molar-refractivity contribution in [2.75, 3.05) is 18.1 Å². The van der Waals surface area contributed by atoms with Gasteiger partial charge in [0.05, 0.1) is 15.7 Å². The van der Waals surface area contributed by atoms with Gasteiger partial charge in [-0.15, -0.1) is 0 Å². The second-order valence-electron chi connectivity index (χ2n) is 5.37. The van der Waals surface area contributed by atoms with Crippen LogP contribution in [0.15, 0.2) is 42.5 Å². The normalized spacial score (nSPS) is 12.8. The molecule has 0 unspecified atom stereocenters. The van der Waals surface area contributed by atoms with Gasteiger partial charge in [-0.3, -0.25) is 30.1 Å². The Hall–Kier alpha value is -2.77. The van der Waals surface area contributed by atoms with E-state index < -0.39 is 11.8 Å². The van der Waals surface area contributed by atoms with Crippen LogP contribution in [0.25, 0.3) is 0 Å². The highest BCUT2D eigenvalue weighted by Gasteiger charge is 2.27. The molecule has 3 rings (SSSR count). The molecule has 2 aromatic carbocycles. The summed E-state index contributed by atoms with van der Waals surface area (Å²) in [5.41, 5.74) is 5.25. The third-order valence-corrected chi connectivity index (χ3v) is 4.35. The van der Waals surface area contributed by atoms with Crippen LogP contribution in [0.5, 0.6) is 5.75 Å². The zero-order valence-electron chi connectivity index (χ0n) is 13.3. The van der Waals surface area contributed by atoms with Crippen molar-refractivity contribution in [3.05, 3.63) is 58.1 Å². The molecular formula is C17H13Cl2N3O4. The summed E-state index contributed by atoms with van der Waals surface area (Å²) in [6.07, 6.45) is 0. The van der Waals surface area contributed by atoms with E-state index in [4.69, 9.17) is 27.9 Å². The summed E-state index contributed by atoms with van der Waals surface area (Å²) in [5, 5.41) is 0.540. The van der Waals surface area contributed by atoms with Crippen LogP contribution in [-0.4, -0.2) is 30.9 Å². The average Bonchev–Trinajstić information content (AvgIpc) is 2.64. The van der Waals surface area contributed by atoms with Crippen LogP contribution in [0, 0.1) is 0 Å². The zero-order chi connectivity index (χ0) is 18.7. The van der Waals surface area contributed by atoms with Crippen LogP contribution < -0.4 is 20.5 Å². The monoisotopic (exact) mass is 393 g/mol. The minimum Gasteiger partial charge on any atom is -0.482 e. The van der Waals surface area contributed by atoms with Crippen molar-refractivity contribution in [1.82, 2.24) is 10.9 Å². The van der Waals surface area contributed by atoms with E-state index in [0.717, 1.165) is 0 Å². The van der Waals surface area contributed by atoms with E-state index >= 15 is 0 Å². The maximum absolute atomic E-state index is 12.1. The number of nitrogens with one attached hydrogen (secondary N) is 2. The standard InChI is InChI=1S/C17H13Cl2N3O4/c18-11-6-5-10(7-12(11)19)17(25)21-20-15(23)8-22-13-3-1-2-4-14(13)26-9-16(22)24/h1-7H,8-9H2,(H,20,23)(H,21,25). The van der Waals surface area contributed by atoms with Gasteiger partial charge in [0.15, 0.2) is 6.61 Å². The van der Waals surface area contributed by atoms with Crippen LogP contribution >= 0.6 is 23.2 Å². The van der Waals surface area contributed by atoms with Gasteiger partial charge in [0.25, 0.3) is 17.7 Å². The summed E-state index contributed by atoms with van der Waals surface area (Å²) < 4.78 is 5.31. The van der Waals surface area contributed by atoms with Gasteiger partial charge in [0.1, 0.15) is 12.3 Å². The van der Waals surface area contributed by atoms with Crippen molar-refractivity contribution in [2.24, 2.45) is 0 Å². The minimum absolute atomic E-state index is 0.153. The molecule has 0 aromatic heterocycles. The molecule has 26 heavy (non-hydrogen) atoms. The maximum atomic E-state index is 12.1. The topological polar surface area (TPSA) is 87.7 Å². The molecule has 9 heteroatoms. The third kappa shape index (κ3) is 3.89. The predicted octanol–water partition coefficient (Wildman–Crippen LogP) is 2.18. The maximum Gasteiger partial charge on any atom is 0.269 e. The smallest absolute Gasteiger partial charge is 0.269 e. The number of para-hydroxylation sites is 2. The van der Waals surface area contributed by atoms with Gasteiger partial charge in [-0.05, 0) is 30.3 Å². The molecule has 0 saturated carbocycles. The zero-order valence-corrected chi connectivity index (χ0v) is 14.8. The second-order valence-corrected chi connectivity index (χ2v) is 6.18. The fourth-order valence-corrected chi connectivity index (χ4v) is 2.64. The van der Waals surface area contributed by atoms with E-state index in [1.807, 2.05) is 0 Å². The van der Waals surface area contributed by atoms with Gasteiger partial charge in [0, 0.05) is 5.56 Å². The number of anilines is 1. The lowest BCUT2D eigenvalue weighted by molar-refractivity contribution is -0.125. The lowest BCUT2D eigenvalue weighted by atomic mass is 10.2. The largest absolute Gasteiger partial charge is 0.482 e. The molecule has 0 atom stereocenters. The van der Waals surface area contributed by atoms with E-state index in [-0.39, 0.29) is 29.6 Å². The Labute approximate surface area is 158 Å². The van der Waals surface area contributed by atoms with Gasteiger partial charge in [-0.1, -0.05) is 35.3 Å². The van der Waals surface area contributed by atoms with Crippen molar-refractivity contribution < 1.29 is 19.1 Å². The predicted molar refractivity (Wildman–Crippen MR) is 96.4 cm³/mol. The van der Waals surface area contributed by atoms with Crippen molar-refractivity contribution in [1.29, 1.82) is 0 Å². The van der Waals surface area contributed by atoms with E-state index in [9.17, 15) is 14.4 Å². The molecule has 134 valence electrons. The number of carbonyl (C=O) groups is 3. The first-order valence-electron chi connectivity index (χ1n) is 7.52. The molecule has 3 amide bonds. The van der Waals surface area contributed by atoms with Crippen LogP contribution in [0.2, 0.25) is 10.0 Å². The fraction of sp³-hybridized carbons (Fsp3) is 0.118. The molecular weight excluding hydrogens is 381 g/mol. The van der Waals surface area contributed by atoms with E-state index in [1.54, 1.807) is 24.3 Å². The number of hydrogen-bond donors (Lipinski definition) is 2. The number of hydrazine groups is 1. The number of amides is 3. The van der Waals surface area contributed by atoms with E-state index in [0.29, 0.717) is 16.5 Å². The van der Waals surface area contributed by atoms with Gasteiger partial charge < -0.3 is 4.74 Å². The SMILES string of the molecule is O=C(CN1C(=O)COc2ccccc21)NNC(=O)c1ccc(Cl)c(Cl)c1. The van der Waals surface area contributed by atoms with Gasteiger partial charge in [-0.25, -0.2) is 0 Å². The van der Waals surface area contributed by atoms with E-state index in [2.05, 4.69) is 10.9 Å². The summed E-state index contributed by atoms with van der Waals surface area (Å²) in [4.78, 5) is 37.5. The van der Waals surface area contributed by atoms with Crippen LogP contribution in [0.3, 0.4) is 0 Å². The van der Waals surface area contributed by atoms with Crippen LogP contribution in [-0.2, 0) is 9.59 Å². The number of benzene rings is 2. The number of carbonyl (C=O) groups excluding carboxylic acids is 3. The Kier molecular flexibility index (Phi) is 5.29. The third-order valence-electron chi connectivity index (χ3n) is 3.61. The van der Waals surface area contributed by atoms with Gasteiger partial charge >= 0.3 is 0 Å². The number of fused-ring (bicyclic) bond motifs is 1. The Morgan fingerprint density at radius 3 is 2.62 bits per heavy atom. The van der Waals surface area contributed by atoms with Crippen molar-refractivity contribution in [3.8, 4) is 5.75 Å². The number of rotatable bonds is 3. The summed E-state index contributed by atoms with van der Waals surface area (Å²) >= 11 is 11.7. The Morgan fingerprint density at radius 1 is 1.08 bits per heavy atom. The number of nitrogens with zero attached hydrogens (tertiary/aromatic N) is 1. The Balaban J connectivity index is 1.61. The highest BCUT2D eigenvalue weighted by atomic mass is 35.5. The second kappa shape index (κ2) is 7.63. The van der Waals surface area contributed by atoms with Crippen molar-refractivity contribution in [3.63, 3.8) is 0 Å². The first kappa shape index (κ1) is 18.0. The quantitative estimate of drug-likeness (QED) is 0.782. The van der Waals surface area contributed by atoms with Gasteiger partial charge in [-0.2, -0.15) is 0 Å². The molecule has 7 nitrogen and oxygen atoms in total. The first-order valence-corrected chi connectivity index (χ1v) is 8.27. The van der Waals surface area contributed by atoms with Gasteiger partial charge in [0.2, 0.25) is 0 Å². The summed E-state index contributed by atoms with van der Waals surface area (Å²) in [6, 6.07) is 11.2. The summed E-state index contributed by atoms with van der Waals surface area (Å²) in [7, 11) is 0. The molecule has 0 aliphatic carbocycles. The lowest BCUT2D eigenvalue weighted by Crippen LogP contribution is -2.49. The van der Waals surface area contributed by atoms with Crippen molar-refractivity contribution in [2.45, 2.75) is 0 Å². The molecule has 2 N–H and O–H groups in total. The molecule has 1 aliphatic heterocycles. The summed E-state index contributed by atoms with van der Waals surface area (Å²) in [6.45, 7) is -0.416. The highest BCUT2D eigenvalue weighted by molar-refractivity contribution is 6.42. The molecule has 0 saturated heterocycles. The number of hydrogen-bond acceptors (Lipinski definition) is 4. The number of halogens is 2. The molecule has 0 bridgehead atoms. The minimum atomic E-state index is -0.566. The molecule has 1 aliphatic rings. The molecule has 1 heterocycles. The molecule has 2 aromatic rings.